The summed E-state index contributed by atoms with van der Waals surface area (Å²) in [5.41, 5.74) is -0.614. The van der Waals surface area contributed by atoms with Crippen molar-refractivity contribution < 1.29 is 34.4 Å². The van der Waals surface area contributed by atoms with Gasteiger partial charge in [-0.15, -0.1) is 0 Å². The van der Waals surface area contributed by atoms with Crippen LogP contribution in [0.1, 0.15) is 20.8 Å². The molecule has 0 aliphatic heterocycles. The second kappa shape index (κ2) is 4.58. The third-order valence-corrected chi connectivity index (χ3v) is 0.747. The van der Waals surface area contributed by atoms with E-state index in [1.165, 1.54) is 0 Å². The third kappa shape index (κ3) is 4.65. The summed E-state index contributed by atoms with van der Waals surface area (Å²) in [5, 5.41) is 0. The molecule has 0 spiro atoms. The topological polar surface area (TPSA) is 43.4 Å². The Balaban J connectivity index is 0. The number of carbonyl (C=O) groups is 1. The molecule has 0 aliphatic rings. The summed E-state index contributed by atoms with van der Waals surface area (Å²) in [6, 6.07) is 0. The van der Waals surface area contributed by atoms with Gasteiger partial charge < -0.3 is 14.3 Å². The van der Waals surface area contributed by atoms with Crippen molar-refractivity contribution in [3.05, 3.63) is 0 Å². The maximum absolute atomic E-state index is 10.6. The van der Waals surface area contributed by atoms with Crippen molar-refractivity contribution in [2.45, 2.75) is 20.8 Å². The number of rotatable bonds is 1. The van der Waals surface area contributed by atoms with Crippen LogP contribution in [0.3, 0.4) is 0 Å². The fourth-order valence-corrected chi connectivity index (χ4v) is 0.191. The van der Waals surface area contributed by atoms with Crippen molar-refractivity contribution in [3.8, 4) is 0 Å². The molecule has 0 rings (SSSR count). The second-order valence-corrected chi connectivity index (χ2v) is 2.72. The van der Waals surface area contributed by atoms with E-state index < -0.39 is 11.4 Å². The van der Waals surface area contributed by atoms with Crippen LogP contribution in [0.15, 0.2) is 0 Å². The van der Waals surface area contributed by atoms with Crippen molar-refractivity contribution >= 4 is 12.4 Å². The number of esters is 1. The Morgan fingerprint density at radius 3 is 1.90 bits per heavy atom. The molecular formula is C6H9IrO3-. The summed E-state index contributed by atoms with van der Waals surface area (Å²) in [4.78, 5) is 20.1. The molecule has 0 N–H and O–H groups in total. The van der Waals surface area contributed by atoms with Gasteiger partial charge in [-0.2, -0.15) is 0 Å². The van der Waals surface area contributed by atoms with E-state index in [1.54, 1.807) is 20.8 Å². The molecule has 0 bridgehead atoms. The molecule has 0 unspecified atom stereocenters. The summed E-state index contributed by atoms with van der Waals surface area (Å²) in [5.74, 6) is -0.558. The molecule has 0 heterocycles. The Morgan fingerprint density at radius 2 is 1.80 bits per heavy atom. The number of hydrogen-bond donors (Lipinski definition) is 0. The fraction of sp³-hybridized carbons (Fsp3) is 0.667. The van der Waals surface area contributed by atoms with E-state index >= 15 is 0 Å². The van der Waals surface area contributed by atoms with Gasteiger partial charge in [-0.3, -0.25) is 0 Å². The van der Waals surface area contributed by atoms with E-state index in [0.29, 0.717) is 0 Å². The van der Waals surface area contributed by atoms with E-state index in [1.807, 2.05) is 0 Å². The molecule has 0 aromatic heterocycles. The standard InChI is InChI=1S/C6H9O3.Ir/c1-6(2,3)5(8)9-4-7;/h1-3H3;/q-1;. The van der Waals surface area contributed by atoms with Crippen LogP contribution in [0.25, 0.3) is 0 Å². The molecule has 0 atom stereocenters. The largest absolute Gasteiger partial charge is 0.584 e. The molecule has 0 aromatic rings. The molecule has 0 saturated heterocycles. The van der Waals surface area contributed by atoms with Crippen molar-refractivity contribution in [2.75, 3.05) is 0 Å². The molecule has 0 aromatic carbocycles. The maximum Gasteiger partial charge on any atom is 0.172 e. The molecule has 10 heavy (non-hydrogen) atoms. The van der Waals surface area contributed by atoms with E-state index in [-0.39, 0.29) is 20.1 Å². The number of ether oxygens (including phenoxy) is 1. The van der Waals surface area contributed by atoms with Gasteiger partial charge >= 0.3 is 0 Å². The van der Waals surface area contributed by atoms with Gasteiger partial charge in [0.05, 0.1) is 0 Å². The van der Waals surface area contributed by atoms with E-state index in [0.717, 1.165) is 6.47 Å². The number of hydrogen-bond acceptors (Lipinski definition) is 3. The Labute approximate surface area is 73.5 Å². The minimum Gasteiger partial charge on any atom is -0.584 e. The first kappa shape index (κ1) is 12.5. The molecule has 3 nitrogen and oxygen atoms in total. The summed E-state index contributed by atoms with van der Waals surface area (Å²) in [7, 11) is 0. The van der Waals surface area contributed by atoms with Crippen LogP contribution in [0.5, 0.6) is 0 Å². The van der Waals surface area contributed by atoms with Gasteiger partial charge in [0.2, 0.25) is 0 Å². The van der Waals surface area contributed by atoms with Gasteiger partial charge in [0, 0.05) is 20.1 Å². The Bertz CT molecular complexity index is 125. The summed E-state index contributed by atoms with van der Waals surface area (Å²) >= 11 is 0. The average Bonchev–Trinajstić information content (AvgIpc) is 1.64. The summed E-state index contributed by atoms with van der Waals surface area (Å²) in [6.07, 6.45) is 0. The molecule has 0 saturated carbocycles. The maximum atomic E-state index is 10.6. The van der Waals surface area contributed by atoms with Crippen LogP contribution in [0.2, 0.25) is 0 Å². The molecule has 1 radical (unpaired) electrons. The second-order valence-electron chi connectivity index (χ2n) is 2.72. The van der Waals surface area contributed by atoms with Crippen molar-refractivity contribution in [2.24, 2.45) is 5.41 Å². The van der Waals surface area contributed by atoms with E-state index in [4.69, 9.17) is 0 Å². The molecular weight excluding hydrogens is 312 g/mol. The normalized spacial score (nSPS) is 9.50. The quantitative estimate of drug-likeness (QED) is 0.404. The predicted molar refractivity (Wildman–Crippen MR) is 31.2 cm³/mol. The van der Waals surface area contributed by atoms with Gasteiger partial charge in [-0.05, 0) is 5.41 Å². The van der Waals surface area contributed by atoms with Gasteiger partial charge in [0.15, 0.2) is 12.4 Å². The smallest absolute Gasteiger partial charge is 0.172 e. The van der Waals surface area contributed by atoms with Crippen LogP contribution in [-0.4, -0.2) is 12.4 Å². The monoisotopic (exact) mass is 322 g/mol. The first-order valence-electron chi connectivity index (χ1n) is 2.57. The Morgan fingerprint density at radius 1 is 1.40 bits per heavy atom. The minimum atomic E-state index is -0.614. The SMILES string of the molecule is CC(C)(C)C(=O)O[C-]=O.[Ir]. The average molecular weight is 321 g/mol. The van der Waals surface area contributed by atoms with Crippen molar-refractivity contribution in [1.29, 1.82) is 0 Å². The van der Waals surface area contributed by atoms with Crippen LogP contribution in [0.4, 0.5) is 0 Å². The third-order valence-electron chi connectivity index (χ3n) is 0.747. The van der Waals surface area contributed by atoms with Crippen LogP contribution >= 0.6 is 0 Å². The van der Waals surface area contributed by atoms with Gasteiger partial charge in [-0.1, -0.05) is 20.8 Å². The first-order chi connectivity index (χ1) is 3.98. The van der Waals surface area contributed by atoms with Crippen molar-refractivity contribution in [3.63, 3.8) is 0 Å². The number of carbonyl (C=O) groups excluding carboxylic acids is 2. The molecule has 4 heteroatoms. The zero-order valence-electron chi connectivity index (χ0n) is 6.06. The van der Waals surface area contributed by atoms with Gasteiger partial charge in [-0.25, -0.2) is 0 Å². The van der Waals surface area contributed by atoms with E-state index in [9.17, 15) is 9.59 Å². The summed E-state index contributed by atoms with van der Waals surface area (Å²) < 4.78 is 3.96. The van der Waals surface area contributed by atoms with E-state index in [2.05, 4.69) is 4.74 Å². The molecule has 0 fully saturated rings. The molecule has 0 aliphatic carbocycles. The predicted octanol–water partition coefficient (Wildman–Crippen LogP) is 0.640. The van der Waals surface area contributed by atoms with Gasteiger partial charge in [0.25, 0.3) is 0 Å². The minimum absolute atomic E-state index is 0. The zero-order chi connectivity index (χ0) is 7.49. The molecule has 0 amide bonds. The summed E-state index contributed by atoms with van der Waals surface area (Å²) in [6.45, 7) is 6.05. The fourth-order valence-electron chi connectivity index (χ4n) is 0.191. The van der Waals surface area contributed by atoms with Crippen LogP contribution in [0, 0.1) is 5.41 Å². The zero-order valence-corrected chi connectivity index (χ0v) is 8.45. The molecule has 61 valence electrons. The first-order valence-corrected chi connectivity index (χ1v) is 2.57. The van der Waals surface area contributed by atoms with Crippen LogP contribution < -0.4 is 0 Å². The Kier molecular flexibility index (Phi) is 5.71. The van der Waals surface area contributed by atoms with Crippen LogP contribution in [-0.2, 0) is 34.4 Å². The van der Waals surface area contributed by atoms with Gasteiger partial charge in [0.1, 0.15) is 0 Å². The Hall–Kier alpha value is -0.211. The van der Waals surface area contributed by atoms with Crippen molar-refractivity contribution in [1.82, 2.24) is 0 Å².